The summed E-state index contributed by atoms with van der Waals surface area (Å²) >= 11 is 0. The van der Waals surface area contributed by atoms with Crippen molar-refractivity contribution in [3.63, 3.8) is 0 Å². The molecule has 1 heterocycles. The van der Waals surface area contributed by atoms with Crippen molar-refractivity contribution in [3.05, 3.63) is 145 Å². The van der Waals surface area contributed by atoms with Crippen molar-refractivity contribution in [3.8, 4) is 11.5 Å². The molecule has 0 saturated heterocycles. The van der Waals surface area contributed by atoms with Crippen molar-refractivity contribution in [2.45, 2.75) is 27.7 Å². The molecule has 1 aromatic heterocycles. The fraction of sp³-hybridized carbons (Fsp3) is 0.163. The lowest BCUT2D eigenvalue weighted by molar-refractivity contribution is 0.340. The van der Waals surface area contributed by atoms with Gasteiger partial charge < -0.3 is 23.8 Å². The van der Waals surface area contributed by atoms with Crippen molar-refractivity contribution in [1.29, 1.82) is 0 Å². The Morgan fingerprint density at radius 2 is 0.750 bits per heavy atom. The number of aryl methyl sites for hydroxylation is 3. The fourth-order valence-corrected chi connectivity index (χ4v) is 6.47. The molecule has 0 aliphatic heterocycles. The Hall–Kier alpha value is -5.68. The molecule has 0 aliphatic rings. The van der Waals surface area contributed by atoms with Crippen LogP contribution in [-0.2, 0) is 7.05 Å². The highest BCUT2D eigenvalue weighted by Gasteiger charge is 2.19. The first-order valence-electron chi connectivity index (χ1n) is 16.6. The normalized spacial score (nSPS) is 11.2. The molecule has 5 heteroatoms. The van der Waals surface area contributed by atoms with E-state index in [-0.39, 0.29) is 0 Å². The van der Waals surface area contributed by atoms with Crippen molar-refractivity contribution >= 4 is 55.9 Å². The van der Waals surface area contributed by atoms with Gasteiger partial charge in [-0.2, -0.15) is 0 Å². The van der Waals surface area contributed by atoms with Crippen LogP contribution in [0.1, 0.15) is 25.0 Å². The maximum Gasteiger partial charge on any atom is 0.119 e. The predicted molar refractivity (Wildman–Crippen MR) is 202 cm³/mol. The van der Waals surface area contributed by atoms with Crippen LogP contribution in [0.15, 0.2) is 133 Å². The lowest BCUT2D eigenvalue weighted by Gasteiger charge is -2.26. The van der Waals surface area contributed by atoms with Crippen LogP contribution < -0.4 is 19.3 Å². The topological polar surface area (TPSA) is 29.9 Å². The molecule has 0 radical (unpaired) electrons. The maximum absolute atomic E-state index is 5.77. The Kier molecular flexibility index (Phi) is 8.51. The minimum Gasteiger partial charge on any atom is -0.494 e. The second kappa shape index (κ2) is 13.2. The lowest BCUT2D eigenvalue weighted by atomic mass is 10.1. The van der Waals surface area contributed by atoms with Crippen LogP contribution in [0.5, 0.6) is 11.5 Å². The number of anilines is 6. The molecular formula is C43H41N3O2. The number of hydrogen-bond donors (Lipinski definition) is 0. The summed E-state index contributed by atoms with van der Waals surface area (Å²) in [6, 6.07) is 47.7. The van der Waals surface area contributed by atoms with Crippen LogP contribution in [0.25, 0.3) is 21.8 Å². The van der Waals surface area contributed by atoms with Crippen molar-refractivity contribution < 1.29 is 9.47 Å². The van der Waals surface area contributed by atoms with Gasteiger partial charge in [-0.15, -0.1) is 0 Å². The molecule has 48 heavy (non-hydrogen) atoms. The second-order valence-corrected chi connectivity index (χ2v) is 12.2. The first-order valence-corrected chi connectivity index (χ1v) is 16.6. The number of rotatable bonds is 10. The molecule has 0 atom stereocenters. The number of ether oxygens (including phenoxy) is 2. The molecule has 240 valence electrons. The van der Waals surface area contributed by atoms with E-state index >= 15 is 0 Å². The summed E-state index contributed by atoms with van der Waals surface area (Å²) in [5.74, 6) is 1.72. The van der Waals surface area contributed by atoms with Crippen LogP contribution >= 0.6 is 0 Å². The Bertz CT molecular complexity index is 2070. The van der Waals surface area contributed by atoms with Gasteiger partial charge in [0.25, 0.3) is 0 Å². The van der Waals surface area contributed by atoms with Gasteiger partial charge in [-0.3, -0.25) is 0 Å². The van der Waals surface area contributed by atoms with Crippen LogP contribution in [0.2, 0.25) is 0 Å². The van der Waals surface area contributed by atoms with E-state index in [2.05, 4.69) is 144 Å². The zero-order chi connectivity index (χ0) is 33.2. The van der Waals surface area contributed by atoms with Gasteiger partial charge in [-0.25, -0.2) is 0 Å². The van der Waals surface area contributed by atoms with Crippen LogP contribution in [0, 0.1) is 13.8 Å². The third-order valence-corrected chi connectivity index (χ3v) is 8.89. The summed E-state index contributed by atoms with van der Waals surface area (Å²) in [5.41, 5.74) is 11.4. The smallest absolute Gasteiger partial charge is 0.119 e. The molecule has 0 bridgehead atoms. The molecule has 6 aromatic carbocycles. The van der Waals surface area contributed by atoms with Crippen LogP contribution in [0.4, 0.5) is 34.1 Å². The Labute approximate surface area is 283 Å². The van der Waals surface area contributed by atoms with Gasteiger partial charge >= 0.3 is 0 Å². The van der Waals surface area contributed by atoms with Gasteiger partial charge in [0, 0.05) is 63.0 Å². The summed E-state index contributed by atoms with van der Waals surface area (Å²) in [5, 5.41) is 2.40. The number of aromatic nitrogens is 1. The van der Waals surface area contributed by atoms with Crippen molar-refractivity contribution in [1.82, 2.24) is 4.57 Å². The van der Waals surface area contributed by atoms with Gasteiger partial charge in [0.1, 0.15) is 11.5 Å². The lowest BCUT2D eigenvalue weighted by Crippen LogP contribution is -2.10. The minimum absolute atomic E-state index is 0.632. The van der Waals surface area contributed by atoms with E-state index in [1.165, 1.54) is 32.9 Å². The van der Waals surface area contributed by atoms with Crippen LogP contribution in [-0.4, -0.2) is 17.8 Å². The molecule has 0 amide bonds. The molecule has 0 unspecified atom stereocenters. The average Bonchev–Trinajstić information content (AvgIpc) is 3.39. The highest BCUT2D eigenvalue weighted by molar-refractivity contribution is 6.11. The molecule has 0 N–H and O–H groups in total. The summed E-state index contributed by atoms with van der Waals surface area (Å²) in [6.45, 7) is 9.53. The zero-order valence-electron chi connectivity index (χ0n) is 28.3. The molecule has 0 aliphatic carbocycles. The third-order valence-electron chi connectivity index (χ3n) is 8.89. The van der Waals surface area contributed by atoms with E-state index in [0.29, 0.717) is 13.2 Å². The highest BCUT2D eigenvalue weighted by atomic mass is 16.5. The standard InChI is InChI=1S/C43H41N3O2/c1-6-47-38-22-16-34(17-23-38)46(35-18-24-39(25-19-35)48-7-2)37-21-27-43-41(29-37)40-28-36(20-26-42(40)44(43)5)45(32-12-8-30(3)9-13-32)33-14-10-31(4)11-15-33/h8-29H,6-7H2,1-5H3. The summed E-state index contributed by atoms with van der Waals surface area (Å²) in [4.78, 5) is 4.63. The molecule has 7 aromatic rings. The summed E-state index contributed by atoms with van der Waals surface area (Å²) < 4.78 is 13.8. The molecule has 0 spiro atoms. The maximum atomic E-state index is 5.77. The molecule has 7 rings (SSSR count). The molecule has 5 nitrogen and oxygen atoms in total. The van der Waals surface area contributed by atoms with Crippen molar-refractivity contribution in [2.75, 3.05) is 23.0 Å². The Morgan fingerprint density at radius 1 is 0.438 bits per heavy atom. The minimum atomic E-state index is 0.632. The number of hydrogen-bond acceptors (Lipinski definition) is 4. The largest absolute Gasteiger partial charge is 0.494 e. The van der Waals surface area contributed by atoms with Gasteiger partial charge in [-0.1, -0.05) is 35.4 Å². The van der Waals surface area contributed by atoms with E-state index < -0.39 is 0 Å². The first kappa shape index (κ1) is 30.9. The van der Waals surface area contributed by atoms with Crippen LogP contribution in [0.3, 0.4) is 0 Å². The first-order chi connectivity index (χ1) is 23.4. The predicted octanol–water partition coefficient (Wildman–Crippen LogP) is 11.7. The van der Waals surface area contributed by atoms with Gasteiger partial charge in [0.2, 0.25) is 0 Å². The Morgan fingerprint density at radius 3 is 1.08 bits per heavy atom. The molecule has 0 saturated carbocycles. The van der Waals surface area contributed by atoms with Crippen molar-refractivity contribution in [2.24, 2.45) is 7.05 Å². The average molecular weight is 632 g/mol. The monoisotopic (exact) mass is 631 g/mol. The SMILES string of the molecule is CCOc1ccc(N(c2ccc(OCC)cc2)c2ccc3c(c2)c2cc(N(c4ccc(C)cc4)c4ccc(C)cc4)ccc2n3C)cc1. The van der Waals surface area contributed by atoms with E-state index in [1.807, 2.05) is 38.1 Å². The van der Waals surface area contributed by atoms with E-state index in [1.54, 1.807) is 0 Å². The van der Waals surface area contributed by atoms with Gasteiger partial charge in [0.15, 0.2) is 0 Å². The zero-order valence-corrected chi connectivity index (χ0v) is 28.3. The highest BCUT2D eigenvalue weighted by Crippen LogP contribution is 2.42. The van der Waals surface area contributed by atoms with E-state index in [9.17, 15) is 0 Å². The number of benzene rings is 6. The third kappa shape index (κ3) is 5.95. The Balaban J connectivity index is 1.39. The van der Waals surface area contributed by atoms with Gasteiger partial charge in [0.05, 0.1) is 13.2 Å². The summed E-state index contributed by atoms with van der Waals surface area (Å²) in [6.07, 6.45) is 0. The molecule has 0 fully saturated rings. The number of nitrogens with zero attached hydrogens (tertiary/aromatic N) is 3. The van der Waals surface area contributed by atoms with Gasteiger partial charge in [-0.05, 0) is 137 Å². The second-order valence-electron chi connectivity index (χ2n) is 12.2. The van der Waals surface area contributed by atoms with E-state index in [0.717, 1.165) is 45.6 Å². The van der Waals surface area contributed by atoms with E-state index in [4.69, 9.17) is 9.47 Å². The summed E-state index contributed by atoms with van der Waals surface area (Å²) in [7, 11) is 2.15. The quantitative estimate of drug-likeness (QED) is 0.150. The number of fused-ring (bicyclic) bond motifs is 3. The fourth-order valence-electron chi connectivity index (χ4n) is 6.47. The molecular weight excluding hydrogens is 590 g/mol.